The monoisotopic (exact) mass is 726 g/mol. The van der Waals surface area contributed by atoms with Crippen LogP contribution in [0.3, 0.4) is 0 Å². The van der Waals surface area contributed by atoms with Crippen molar-refractivity contribution in [2.45, 2.75) is 11.8 Å². The summed E-state index contributed by atoms with van der Waals surface area (Å²) in [6.07, 6.45) is 12.4. The van der Waals surface area contributed by atoms with Gasteiger partial charge in [-0.15, -0.1) is 0 Å². The third-order valence-electron chi connectivity index (χ3n) is 9.37. The Morgan fingerprint density at radius 1 is 0.604 bits per heavy atom. The Hall–Kier alpha value is -6.11. The fourth-order valence-electron chi connectivity index (χ4n) is 6.30. The molecule has 1 N–H and O–H groups in total. The van der Waals surface area contributed by atoms with Gasteiger partial charge in [0.15, 0.2) is 11.4 Å². The van der Waals surface area contributed by atoms with E-state index in [-0.39, 0.29) is 4.90 Å². The van der Waals surface area contributed by atoms with Gasteiger partial charge in [-0.25, -0.2) is 17.9 Å². The highest BCUT2D eigenvalue weighted by molar-refractivity contribution is 7.85. The van der Waals surface area contributed by atoms with Crippen molar-refractivity contribution in [3.8, 4) is 22.5 Å². The number of nitrogens with zero attached hydrogens (tertiary/aromatic N) is 8. The number of hydrogen-bond acceptors (Lipinski definition) is 6. The molecule has 0 amide bonds. The zero-order chi connectivity index (χ0) is 37.0. The first-order valence-electron chi connectivity index (χ1n) is 17.4. The molecule has 3 aromatic carbocycles. The van der Waals surface area contributed by atoms with Crippen molar-refractivity contribution in [1.82, 2.24) is 19.2 Å². The van der Waals surface area contributed by atoms with Crippen molar-refractivity contribution in [3.63, 3.8) is 0 Å². The quantitative estimate of drug-likeness (QED) is 0.135. The number of aromatic nitrogens is 4. The van der Waals surface area contributed by atoms with Gasteiger partial charge in [0.25, 0.3) is 21.4 Å². The lowest BCUT2D eigenvalue weighted by atomic mass is 10.1. The molecule has 0 atom stereocenters. The molecule has 1 saturated heterocycles. The van der Waals surface area contributed by atoms with Gasteiger partial charge < -0.3 is 0 Å². The van der Waals surface area contributed by atoms with E-state index in [1.54, 1.807) is 12.1 Å². The van der Waals surface area contributed by atoms with E-state index in [0.29, 0.717) is 0 Å². The van der Waals surface area contributed by atoms with Crippen LogP contribution in [0.15, 0.2) is 149 Å². The van der Waals surface area contributed by atoms with Crippen molar-refractivity contribution < 1.29 is 21.8 Å². The van der Waals surface area contributed by atoms with Crippen LogP contribution in [-0.4, -0.2) is 70.7 Å². The Morgan fingerprint density at radius 3 is 1.40 bits per heavy atom. The normalized spacial score (nSPS) is 13.7. The molecule has 268 valence electrons. The van der Waals surface area contributed by atoms with Gasteiger partial charge in [0.2, 0.25) is 0 Å². The minimum Gasteiger partial charge on any atom is -0.293 e. The van der Waals surface area contributed by atoms with Gasteiger partial charge in [0.05, 0.1) is 70.0 Å². The summed E-state index contributed by atoms with van der Waals surface area (Å²) in [7, 11) is 0.187. The van der Waals surface area contributed by atoms with Crippen LogP contribution in [-0.2, 0) is 24.2 Å². The number of piperazine rings is 1. The summed E-state index contributed by atoms with van der Waals surface area (Å²) in [5, 5.41) is 13.7. The van der Waals surface area contributed by atoms with Crippen molar-refractivity contribution in [2.75, 3.05) is 26.2 Å². The molecule has 0 radical (unpaired) electrons. The molecule has 8 rings (SSSR count). The SMILES string of the molecule is Cc1ccc(S(=O)(=O)O)cc1.Cn1c(-c2ccc(C=NN3CCN(N=Cc4ccc(-c5c[n+]6ccccc6n5C)cc4)CC3)cc2)c[n+]2ccccc12. The maximum atomic E-state index is 10.5. The average molecular weight is 727 g/mol. The van der Waals surface area contributed by atoms with E-state index < -0.39 is 10.1 Å². The van der Waals surface area contributed by atoms with Gasteiger partial charge in [-0.3, -0.25) is 14.6 Å². The third-order valence-corrected chi connectivity index (χ3v) is 10.2. The number of imidazole rings is 2. The molecular weight excluding hydrogens is 685 g/mol. The first-order valence-corrected chi connectivity index (χ1v) is 18.8. The highest BCUT2D eigenvalue weighted by atomic mass is 32.2. The van der Waals surface area contributed by atoms with Crippen LogP contribution in [0.2, 0.25) is 0 Å². The molecule has 0 saturated carbocycles. The Morgan fingerprint density at radius 2 is 1.02 bits per heavy atom. The Balaban J connectivity index is 0.000000341. The second-order valence-corrected chi connectivity index (χ2v) is 14.4. The first kappa shape index (κ1) is 35.3. The van der Waals surface area contributed by atoms with Crippen LogP contribution in [0.1, 0.15) is 16.7 Å². The van der Waals surface area contributed by atoms with Crippen molar-refractivity contribution in [3.05, 3.63) is 151 Å². The second kappa shape index (κ2) is 15.2. The Labute approximate surface area is 309 Å². The van der Waals surface area contributed by atoms with Gasteiger partial charge in [-0.05, 0) is 66.6 Å². The van der Waals surface area contributed by atoms with E-state index in [4.69, 9.17) is 14.8 Å². The molecule has 12 heteroatoms. The number of fused-ring (bicyclic) bond motifs is 2. The molecule has 53 heavy (non-hydrogen) atoms. The molecule has 5 heterocycles. The molecule has 4 aromatic heterocycles. The topological polar surface area (TPSA) is 104 Å². The fourth-order valence-corrected chi connectivity index (χ4v) is 6.78. The standard InChI is InChI=1S/C34H34N8.C7H8O3S/c1-37-31(25-39-17-5-3-7-33(37)39)29-13-9-27(10-14-29)23-35-41-19-21-42(22-20-41)36-24-28-11-15-30(16-12-28)32-26-40-18-6-4-8-34(40)38(32)2;1-6-2-4-7(5-3-6)11(8,9)10/h3-18,23-26H,19-22H2,1-2H3;2-5H,1H3,(H,8,9,10)/q+2;. The number of hydrogen-bond donors (Lipinski definition) is 1. The van der Waals surface area contributed by atoms with E-state index in [1.165, 1.54) is 34.6 Å². The van der Waals surface area contributed by atoms with Crippen LogP contribution in [0.25, 0.3) is 33.8 Å². The zero-order valence-corrected chi connectivity index (χ0v) is 30.8. The predicted octanol–water partition coefficient (Wildman–Crippen LogP) is 5.40. The molecule has 7 aromatic rings. The lowest BCUT2D eigenvalue weighted by Gasteiger charge is -2.31. The molecule has 1 aliphatic heterocycles. The van der Waals surface area contributed by atoms with Gasteiger partial charge in [-0.2, -0.15) is 18.6 Å². The minimum atomic E-state index is -4.02. The molecule has 0 spiro atoms. The summed E-state index contributed by atoms with van der Waals surface area (Å²) in [5.74, 6) is 0. The lowest BCUT2D eigenvalue weighted by molar-refractivity contribution is -0.510. The molecule has 0 bridgehead atoms. The maximum absolute atomic E-state index is 10.5. The average Bonchev–Trinajstić information content (AvgIpc) is 3.70. The highest BCUT2D eigenvalue weighted by Crippen LogP contribution is 2.21. The summed E-state index contributed by atoms with van der Waals surface area (Å²) in [4.78, 5) is -0.0666. The number of rotatable bonds is 7. The van der Waals surface area contributed by atoms with Crippen LogP contribution in [0, 0.1) is 6.92 Å². The molecule has 1 aliphatic rings. The van der Waals surface area contributed by atoms with Crippen molar-refractivity contribution >= 4 is 33.8 Å². The summed E-state index contributed by atoms with van der Waals surface area (Å²) in [6, 6.07) is 35.6. The first-order chi connectivity index (χ1) is 25.6. The summed E-state index contributed by atoms with van der Waals surface area (Å²) < 4.78 is 38.3. The summed E-state index contributed by atoms with van der Waals surface area (Å²) in [5.41, 5.74) is 10.2. The van der Waals surface area contributed by atoms with Crippen LogP contribution in [0.4, 0.5) is 0 Å². The largest absolute Gasteiger partial charge is 0.294 e. The van der Waals surface area contributed by atoms with Crippen LogP contribution < -0.4 is 8.80 Å². The number of benzene rings is 3. The highest BCUT2D eigenvalue weighted by Gasteiger charge is 2.17. The van der Waals surface area contributed by atoms with E-state index in [1.807, 2.05) is 31.5 Å². The van der Waals surface area contributed by atoms with Gasteiger partial charge in [0.1, 0.15) is 12.4 Å². The molecule has 11 nitrogen and oxygen atoms in total. The zero-order valence-electron chi connectivity index (χ0n) is 29.9. The van der Waals surface area contributed by atoms with Gasteiger partial charge in [0, 0.05) is 23.3 Å². The lowest BCUT2D eigenvalue weighted by Crippen LogP contribution is -2.41. The summed E-state index contributed by atoms with van der Waals surface area (Å²) >= 11 is 0. The smallest absolute Gasteiger partial charge is 0.293 e. The Kier molecular flexibility index (Phi) is 10.2. The molecular formula is C41H42N8O3S+2. The molecule has 1 fully saturated rings. The van der Waals surface area contributed by atoms with E-state index >= 15 is 0 Å². The van der Waals surface area contributed by atoms with Crippen LogP contribution >= 0.6 is 0 Å². The second-order valence-electron chi connectivity index (χ2n) is 13.0. The van der Waals surface area contributed by atoms with Crippen LogP contribution in [0.5, 0.6) is 0 Å². The van der Waals surface area contributed by atoms with Gasteiger partial charge in [-0.1, -0.05) is 54.1 Å². The van der Waals surface area contributed by atoms with Gasteiger partial charge >= 0.3 is 0 Å². The minimum absolute atomic E-state index is 0.0666. The van der Waals surface area contributed by atoms with E-state index in [2.05, 4.69) is 140 Å². The van der Waals surface area contributed by atoms with E-state index in [0.717, 1.165) is 54.2 Å². The van der Waals surface area contributed by atoms with Crippen molar-refractivity contribution in [1.29, 1.82) is 0 Å². The number of hydrazone groups is 2. The fraction of sp³-hybridized carbons (Fsp3) is 0.171. The molecule has 0 unspecified atom stereocenters. The summed E-state index contributed by atoms with van der Waals surface area (Å²) in [6.45, 7) is 5.22. The number of pyridine rings is 2. The Bertz CT molecular complexity index is 2370. The van der Waals surface area contributed by atoms with Crippen molar-refractivity contribution in [2.24, 2.45) is 24.3 Å². The maximum Gasteiger partial charge on any atom is 0.294 e. The molecule has 0 aliphatic carbocycles. The third kappa shape index (κ3) is 8.19. The number of aryl methyl sites for hydroxylation is 3. The predicted molar refractivity (Wildman–Crippen MR) is 207 cm³/mol. The van der Waals surface area contributed by atoms with E-state index in [9.17, 15) is 8.42 Å².